The average molecular weight is 578 g/mol. The van der Waals surface area contributed by atoms with E-state index in [2.05, 4.69) is 10.1 Å². The fourth-order valence-corrected chi connectivity index (χ4v) is 5.38. The summed E-state index contributed by atoms with van der Waals surface area (Å²) >= 11 is 0. The average Bonchev–Trinajstić information content (AvgIpc) is 3.30. The summed E-state index contributed by atoms with van der Waals surface area (Å²) in [6, 6.07) is 12.5. The first kappa shape index (κ1) is 29.4. The molecular weight excluding hydrogens is 548 g/mol. The molecule has 0 bridgehead atoms. The van der Waals surface area contributed by atoms with Crippen LogP contribution in [0.15, 0.2) is 70.4 Å². The highest BCUT2D eigenvalue weighted by Gasteiger charge is 2.39. The maximum atomic E-state index is 13.7. The van der Waals surface area contributed by atoms with Crippen LogP contribution in [0.4, 0.5) is 4.39 Å². The molecule has 1 saturated heterocycles. The minimum Gasteiger partial charge on any atom is -0.460 e. The molecule has 214 valence electrons. The first-order chi connectivity index (χ1) is 19.0. The van der Waals surface area contributed by atoms with Gasteiger partial charge in [0, 0.05) is 18.2 Å². The van der Waals surface area contributed by atoms with E-state index < -0.39 is 61.9 Å². The van der Waals surface area contributed by atoms with Crippen molar-refractivity contribution in [3.63, 3.8) is 0 Å². The summed E-state index contributed by atoms with van der Waals surface area (Å²) in [4.78, 5) is 38.7. The predicted octanol–water partition coefficient (Wildman–Crippen LogP) is 2.56. The number of hydrogen-bond donors (Lipinski definition) is 3. The van der Waals surface area contributed by atoms with Crippen LogP contribution in [0.3, 0.4) is 0 Å². The number of aromatic amines is 1. The standard InChI is InChI=1S/C26H29FN3O9P/c1-16-13-30(26(34)28-24(16)32)23-12-21(31)22(38-23)15-37-40(35,39-20-10-8-19(27)9-11-20)29-17(2)25(33)36-14-18-6-4-3-5-7-18/h3-11,13,17,21-23,31H,12,14-15H2,1-2H3,(H,29,35)(H,28,32,34)/t17-,21+,22+,23+,40?/m0/s1. The first-order valence-electron chi connectivity index (χ1n) is 12.4. The van der Waals surface area contributed by atoms with Crippen LogP contribution in [-0.4, -0.2) is 45.5 Å². The van der Waals surface area contributed by atoms with Gasteiger partial charge in [-0.1, -0.05) is 30.3 Å². The van der Waals surface area contributed by atoms with Gasteiger partial charge in [0.05, 0.1) is 12.7 Å². The number of aliphatic hydroxyl groups excluding tert-OH is 1. The van der Waals surface area contributed by atoms with Crippen molar-refractivity contribution in [3.8, 4) is 5.75 Å². The summed E-state index contributed by atoms with van der Waals surface area (Å²) in [5, 5.41) is 13.0. The van der Waals surface area contributed by atoms with Crippen molar-refractivity contribution in [2.75, 3.05) is 6.61 Å². The lowest BCUT2D eigenvalue weighted by atomic mass is 10.2. The van der Waals surface area contributed by atoms with E-state index in [0.717, 1.165) is 22.3 Å². The number of carbonyl (C=O) groups is 1. The van der Waals surface area contributed by atoms with Gasteiger partial charge < -0.3 is 19.1 Å². The Kier molecular flexibility index (Phi) is 9.33. The summed E-state index contributed by atoms with van der Waals surface area (Å²) in [5.41, 5.74) is -0.235. The monoisotopic (exact) mass is 577 g/mol. The minimum absolute atomic E-state index is 0.0110. The molecular formula is C26H29FN3O9P. The Labute approximate surface area is 228 Å². The van der Waals surface area contributed by atoms with Gasteiger partial charge >= 0.3 is 19.4 Å². The third kappa shape index (κ3) is 7.52. The number of nitrogens with zero attached hydrogens (tertiary/aromatic N) is 1. The molecule has 1 unspecified atom stereocenters. The van der Waals surface area contributed by atoms with Crippen molar-refractivity contribution < 1.29 is 37.4 Å². The van der Waals surface area contributed by atoms with Crippen molar-refractivity contribution in [3.05, 3.63) is 98.6 Å². The van der Waals surface area contributed by atoms with Gasteiger partial charge in [0.1, 0.15) is 36.5 Å². The molecule has 0 amide bonds. The zero-order valence-corrected chi connectivity index (χ0v) is 22.6. The largest absolute Gasteiger partial charge is 0.460 e. The molecule has 3 aromatic rings. The fourth-order valence-electron chi connectivity index (χ4n) is 3.88. The normalized spacial score (nSPS) is 20.9. The second-order valence-electron chi connectivity index (χ2n) is 9.19. The van der Waals surface area contributed by atoms with Crippen molar-refractivity contribution in [2.45, 2.75) is 51.4 Å². The smallest absolute Gasteiger partial charge is 0.459 e. The number of H-pyrrole nitrogens is 1. The third-order valence-electron chi connectivity index (χ3n) is 6.04. The minimum atomic E-state index is -4.34. The molecule has 40 heavy (non-hydrogen) atoms. The Bertz CT molecular complexity index is 1480. The molecule has 1 aliphatic heterocycles. The SMILES string of the molecule is Cc1cn([C@H]2C[C@@H](O)[C@@H](COP(=O)(N[C@@H](C)C(=O)OCc3ccccc3)Oc3ccc(F)cc3)O2)c(=O)[nH]c1=O. The van der Waals surface area contributed by atoms with E-state index in [1.807, 2.05) is 6.07 Å². The predicted molar refractivity (Wildman–Crippen MR) is 140 cm³/mol. The van der Waals surface area contributed by atoms with Crippen LogP contribution in [0.25, 0.3) is 0 Å². The summed E-state index contributed by atoms with van der Waals surface area (Å²) in [6.07, 6.45) is -1.80. The highest BCUT2D eigenvalue weighted by molar-refractivity contribution is 7.52. The molecule has 3 N–H and O–H groups in total. The zero-order chi connectivity index (χ0) is 28.9. The molecule has 1 aromatic heterocycles. The Balaban J connectivity index is 1.45. The molecule has 2 heterocycles. The second kappa shape index (κ2) is 12.7. The van der Waals surface area contributed by atoms with Crippen molar-refractivity contribution in [1.82, 2.24) is 14.6 Å². The second-order valence-corrected chi connectivity index (χ2v) is 10.9. The molecule has 5 atom stereocenters. The molecule has 4 rings (SSSR count). The molecule has 14 heteroatoms. The van der Waals surface area contributed by atoms with E-state index in [0.29, 0.717) is 0 Å². The number of carbonyl (C=O) groups excluding carboxylic acids is 1. The number of rotatable bonds is 11. The van der Waals surface area contributed by atoms with Gasteiger partial charge in [-0.25, -0.2) is 13.8 Å². The third-order valence-corrected chi connectivity index (χ3v) is 7.68. The van der Waals surface area contributed by atoms with Crippen LogP contribution < -0.4 is 20.9 Å². The van der Waals surface area contributed by atoms with Crippen LogP contribution in [0, 0.1) is 12.7 Å². The quantitative estimate of drug-likeness (QED) is 0.228. The van der Waals surface area contributed by atoms with Gasteiger partial charge in [0.15, 0.2) is 0 Å². The van der Waals surface area contributed by atoms with Crippen LogP contribution in [0.5, 0.6) is 5.75 Å². The summed E-state index contributed by atoms with van der Waals surface area (Å²) in [5.74, 6) is -1.29. The van der Waals surface area contributed by atoms with Gasteiger partial charge in [0.25, 0.3) is 5.56 Å². The highest BCUT2D eigenvalue weighted by Crippen LogP contribution is 2.46. The molecule has 12 nitrogen and oxygen atoms in total. The Morgan fingerprint density at radius 1 is 1.23 bits per heavy atom. The van der Waals surface area contributed by atoms with E-state index in [1.165, 1.54) is 32.2 Å². The number of ether oxygens (including phenoxy) is 2. The number of esters is 1. The van der Waals surface area contributed by atoms with E-state index in [-0.39, 0.29) is 24.3 Å². The van der Waals surface area contributed by atoms with Crippen molar-refractivity contribution in [1.29, 1.82) is 0 Å². The van der Waals surface area contributed by atoms with Crippen molar-refractivity contribution >= 4 is 13.7 Å². The lowest BCUT2D eigenvalue weighted by Gasteiger charge is -2.24. The number of benzene rings is 2. The summed E-state index contributed by atoms with van der Waals surface area (Å²) in [6.45, 7) is 2.44. The maximum absolute atomic E-state index is 13.7. The van der Waals surface area contributed by atoms with E-state index in [9.17, 15) is 28.4 Å². The number of aryl methyl sites for hydroxylation is 1. The Morgan fingerprint density at radius 3 is 2.62 bits per heavy atom. The fraction of sp³-hybridized carbons (Fsp3) is 0.346. The maximum Gasteiger partial charge on any atom is 0.459 e. The number of hydrogen-bond acceptors (Lipinski definition) is 9. The first-order valence-corrected chi connectivity index (χ1v) is 13.9. The topological polar surface area (TPSA) is 158 Å². The number of aliphatic hydroxyl groups is 1. The molecule has 0 spiro atoms. The van der Waals surface area contributed by atoms with Gasteiger partial charge in [-0.15, -0.1) is 0 Å². The summed E-state index contributed by atoms with van der Waals surface area (Å²) in [7, 11) is -4.34. The van der Waals surface area contributed by atoms with Gasteiger partial charge in [0.2, 0.25) is 0 Å². The van der Waals surface area contributed by atoms with Crippen LogP contribution in [0.2, 0.25) is 0 Å². The molecule has 1 aliphatic rings. The van der Waals surface area contributed by atoms with Gasteiger partial charge in [-0.05, 0) is 43.7 Å². The number of aromatic nitrogens is 2. The zero-order valence-electron chi connectivity index (χ0n) is 21.7. The van der Waals surface area contributed by atoms with Gasteiger partial charge in [-0.2, -0.15) is 5.09 Å². The lowest BCUT2D eigenvalue weighted by molar-refractivity contribution is -0.146. The summed E-state index contributed by atoms with van der Waals surface area (Å²) < 4.78 is 50.3. The van der Waals surface area contributed by atoms with Crippen molar-refractivity contribution in [2.24, 2.45) is 0 Å². The molecule has 2 aromatic carbocycles. The van der Waals surface area contributed by atoms with Gasteiger partial charge in [-0.3, -0.25) is 23.7 Å². The number of halogens is 1. The molecule has 1 fully saturated rings. The molecule has 0 aliphatic carbocycles. The molecule has 0 radical (unpaired) electrons. The van der Waals surface area contributed by atoms with Crippen LogP contribution >= 0.6 is 7.75 Å². The van der Waals surface area contributed by atoms with Crippen LogP contribution in [-0.2, 0) is 30.0 Å². The van der Waals surface area contributed by atoms with E-state index in [1.54, 1.807) is 24.3 Å². The van der Waals surface area contributed by atoms with E-state index in [4.69, 9.17) is 18.5 Å². The highest BCUT2D eigenvalue weighted by atomic mass is 31.2. The van der Waals surface area contributed by atoms with Crippen LogP contribution in [0.1, 0.15) is 30.7 Å². The number of nitrogens with one attached hydrogen (secondary N) is 2. The van der Waals surface area contributed by atoms with E-state index >= 15 is 0 Å². The Morgan fingerprint density at radius 2 is 1.93 bits per heavy atom. The Hall–Kier alpha value is -3.61. The lowest BCUT2D eigenvalue weighted by Crippen LogP contribution is -2.36. The molecule has 0 saturated carbocycles.